The van der Waals surface area contributed by atoms with Crippen LogP contribution in [0.1, 0.15) is 44.9 Å². The van der Waals surface area contributed by atoms with Gasteiger partial charge in [-0.2, -0.15) is 0 Å². The van der Waals surface area contributed by atoms with Crippen molar-refractivity contribution in [1.29, 1.82) is 0 Å². The molecule has 0 unspecified atom stereocenters. The number of piperazine rings is 1. The average molecular weight is 329 g/mol. The number of rotatable bonds is 4. The number of amides is 1. The summed E-state index contributed by atoms with van der Waals surface area (Å²) >= 11 is 0. The minimum atomic E-state index is 0.216. The van der Waals surface area contributed by atoms with Crippen molar-refractivity contribution in [3.63, 3.8) is 0 Å². The summed E-state index contributed by atoms with van der Waals surface area (Å²) in [6.45, 7) is 4.49. The average Bonchev–Trinajstić information content (AvgIpc) is 2.59. The minimum absolute atomic E-state index is 0.216. The zero-order chi connectivity index (χ0) is 16.6. The van der Waals surface area contributed by atoms with Crippen LogP contribution in [0.5, 0.6) is 0 Å². The van der Waals surface area contributed by atoms with E-state index in [0.29, 0.717) is 12.6 Å². The van der Waals surface area contributed by atoms with Crippen LogP contribution in [0.15, 0.2) is 30.3 Å². The van der Waals surface area contributed by atoms with Crippen LogP contribution in [0.3, 0.4) is 0 Å². The Balaban J connectivity index is 1.39. The second kappa shape index (κ2) is 9.07. The fraction of sp³-hybridized carbons (Fsp3) is 0.650. The summed E-state index contributed by atoms with van der Waals surface area (Å²) in [7, 11) is 0. The van der Waals surface area contributed by atoms with E-state index >= 15 is 0 Å². The summed E-state index contributed by atoms with van der Waals surface area (Å²) in [5, 5.41) is 3.28. The van der Waals surface area contributed by atoms with E-state index in [2.05, 4.69) is 45.4 Å². The molecular formula is C20H31N3O. The van der Waals surface area contributed by atoms with Gasteiger partial charge in [-0.1, -0.05) is 50.3 Å². The van der Waals surface area contributed by atoms with Crippen LogP contribution in [0.2, 0.25) is 0 Å². The largest absolute Gasteiger partial charge is 0.369 e. The summed E-state index contributed by atoms with van der Waals surface area (Å²) in [4.78, 5) is 17.1. The predicted molar refractivity (Wildman–Crippen MR) is 99.3 cm³/mol. The van der Waals surface area contributed by atoms with Crippen molar-refractivity contribution in [2.45, 2.75) is 51.0 Å². The summed E-state index contributed by atoms with van der Waals surface area (Å²) in [5.41, 5.74) is 1.29. The normalized spacial score (nSPS) is 21.1. The molecule has 1 saturated heterocycles. The van der Waals surface area contributed by atoms with Gasteiger partial charge in [0.25, 0.3) is 0 Å². The highest BCUT2D eigenvalue weighted by Crippen LogP contribution is 2.17. The van der Waals surface area contributed by atoms with E-state index in [1.807, 2.05) is 0 Å². The number of nitrogens with one attached hydrogen (secondary N) is 1. The fourth-order valence-corrected chi connectivity index (χ4v) is 3.88. The molecule has 132 valence electrons. The van der Waals surface area contributed by atoms with E-state index in [1.165, 1.54) is 37.8 Å². The monoisotopic (exact) mass is 329 g/mol. The molecule has 2 aliphatic rings. The lowest BCUT2D eigenvalue weighted by molar-refractivity contribution is -0.123. The van der Waals surface area contributed by atoms with E-state index in [1.54, 1.807) is 0 Å². The van der Waals surface area contributed by atoms with E-state index < -0.39 is 0 Å². The van der Waals surface area contributed by atoms with Crippen molar-refractivity contribution < 1.29 is 4.79 Å². The third kappa shape index (κ3) is 5.23. The van der Waals surface area contributed by atoms with E-state index in [-0.39, 0.29) is 5.91 Å². The van der Waals surface area contributed by atoms with Crippen LogP contribution in [0.4, 0.5) is 5.69 Å². The first kappa shape index (κ1) is 17.3. The first-order valence-corrected chi connectivity index (χ1v) is 9.63. The third-order valence-corrected chi connectivity index (χ3v) is 5.33. The van der Waals surface area contributed by atoms with Gasteiger partial charge in [0.05, 0.1) is 6.54 Å². The maximum Gasteiger partial charge on any atom is 0.234 e. The van der Waals surface area contributed by atoms with Gasteiger partial charge in [-0.25, -0.2) is 0 Å². The molecule has 1 aromatic rings. The highest BCUT2D eigenvalue weighted by Gasteiger charge is 2.20. The highest BCUT2D eigenvalue weighted by atomic mass is 16.2. The maximum absolute atomic E-state index is 12.4. The van der Waals surface area contributed by atoms with Crippen molar-refractivity contribution in [3.8, 4) is 0 Å². The Kier molecular flexibility index (Phi) is 6.53. The zero-order valence-electron chi connectivity index (χ0n) is 14.8. The third-order valence-electron chi connectivity index (χ3n) is 5.33. The van der Waals surface area contributed by atoms with Crippen LogP contribution < -0.4 is 10.2 Å². The first-order chi connectivity index (χ1) is 11.8. The van der Waals surface area contributed by atoms with Gasteiger partial charge in [0, 0.05) is 37.9 Å². The van der Waals surface area contributed by atoms with E-state index in [4.69, 9.17) is 0 Å². The molecule has 1 saturated carbocycles. The van der Waals surface area contributed by atoms with Crippen LogP contribution in [0, 0.1) is 0 Å². The molecular weight excluding hydrogens is 298 g/mol. The van der Waals surface area contributed by atoms with Crippen molar-refractivity contribution in [3.05, 3.63) is 30.3 Å². The smallest absolute Gasteiger partial charge is 0.234 e. The van der Waals surface area contributed by atoms with Gasteiger partial charge in [0.1, 0.15) is 0 Å². The van der Waals surface area contributed by atoms with Crippen molar-refractivity contribution in [1.82, 2.24) is 10.2 Å². The highest BCUT2D eigenvalue weighted by molar-refractivity contribution is 5.78. The molecule has 0 aromatic heterocycles. The number of anilines is 1. The SMILES string of the molecule is O=C(CN1CCN(c2ccccc2)CC1)NC1CCCCCCC1. The lowest BCUT2D eigenvalue weighted by atomic mass is 9.97. The fourth-order valence-electron chi connectivity index (χ4n) is 3.88. The Labute approximate surface area is 146 Å². The van der Waals surface area contributed by atoms with Crippen LogP contribution >= 0.6 is 0 Å². The Hall–Kier alpha value is -1.55. The number of carbonyl (C=O) groups is 1. The molecule has 0 radical (unpaired) electrons. The molecule has 1 aromatic carbocycles. The summed E-state index contributed by atoms with van der Waals surface area (Å²) in [6, 6.07) is 11.0. The molecule has 1 heterocycles. The Morgan fingerprint density at radius 1 is 0.917 bits per heavy atom. The Morgan fingerprint density at radius 2 is 1.54 bits per heavy atom. The Morgan fingerprint density at radius 3 is 2.21 bits per heavy atom. The lowest BCUT2D eigenvalue weighted by Gasteiger charge is -2.36. The number of carbonyl (C=O) groups excluding carboxylic acids is 1. The standard InChI is InChI=1S/C20H31N3O/c24-20(21-18-9-5-2-1-3-6-10-18)17-22-13-15-23(16-14-22)19-11-7-4-8-12-19/h4,7-8,11-12,18H,1-3,5-6,9-10,13-17H2,(H,21,24). The molecule has 1 aliphatic heterocycles. The molecule has 2 fully saturated rings. The van der Waals surface area contributed by atoms with Crippen LogP contribution in [0.25, 0.3) is 0 Å². The molecule has 0 bridgehead atoms. The number of para-hydroxylation sites is 1. The van der Waals surface area contributed by atoms with Crippen molar-refractivity contribution in [2.24, 2.45) is 0 Å². The first-order valence-electron chi connectivity index (χ1n) is 9.63. The quantitative estimate of drug-likeness (QED) is 0.922. The number of nitrogens with zero attached hydrogens (tertiary/aromatic N) is 2. The van der Waals surface area contributed by atoms with E-state index in [9.17, 15) is 4.79 Å². The second-order valence-corrected chi connectivity index (χ2v) is 7.21. The van der Waals surface area contributed by atoms with Crippen molar-refractivity contribution >= 4 is 11.6 Å². The van der Waals surface area contributed by atoms with Gasteiger partial charge in [0.2, 0.25) is 5.91 Å². The molecule has 1 aliphatic carbocycles. The summed E-state index contributed by atoms with van der Waals surface area (Å²) in [5.74, 6) is 0.216. The Bertz CT molecular complexity index is 489. The topological polar surface area (TPSA) is 35.6 Å². The van der Waals surface area contributed by atoms with Gasteiger partial charge in [-0.05, 0) is 25.0 Å². The van der Waals surface area contributed by atoms with Crippen LogP contribution in [-0.2, 0) is 4.79 Å². The molecule has 3 rings (SSSR count). The molecule has 1 amide bonds. The summed E-state index contributed by atoms with van der Waals surface area (Å²) < 4.78 is 0. The van der Waals surface area contributed by atoms with Crippen molar-refractivity contribution in [2.75, 3.05) is 37.6 Å². The van der Waals surface area contributed by atoms with Gasteiger partial charge in [0.15, 0.2) is 0 Å². The van der Waals surface area contributed by atoms with E-state index in [0.717, 1.165) is 39.0 Å². The molecule has 1 N–H and O–H groups in total. The molecule has 0 spiro atoms. The zero-order valence-corrected chi connectivity index (χ0v) is 14.8. The minimum Gasteiger partial charge on any atom is -0.369 e. The number of hydrogen-bond donors (Lipinski definition) is 1. The number of benzene rings is 1. The maximum atomic E-state index is 12.4. The molecule has 4 heteroatoms. The van der Waals surface area contributed by atoms with Gasteiger partial charge in [-0.15, -0.1) is 0 Å². The molecule has 24 heavy (non-hydrogen) atoms. The summed E-state index contributed by atoms with van der Waals surface area (Å²) in [6.07, 6.45) is 8.87. The van der Waals surface area contributed by atoms with Gasteiger partial charge < -0.3 is 10.2 Å². The van der Waals surface area contributed by atoms with Gasteiger partial charge >= 0.3 is 0 Å². The second-order valence-electron chi connectivity index (χ2n) is 7.21. The lowest BCUT2D eigenvalue weighted by Crippen LogP contribution is -2.50. The molecule has 4 nitrogen and oxygen atoms in total. The molecule has 0 atom stereocenters. The predicted octanol–water partition coefficient (Wildman–Crippen LogP) is 3.04. The van der Waals surface area contributed by atoms with Gasteiger partial charge in [-0.3, -0.25) is 9.69 Å². The van der Waals surface area contributed by atoms with Crippen LogP contribution in [-0.4, -0.2) is 49.6 Å². The number of hydrogen-bond acceptors (Lipinski definition) is 3.